The molecule has 33 heavy (non-hydrogen) atoms. The summed E-state index contributed by atoms with van der Waals surface area (Å²) in [6.45, 7) is 4.51. The molecule has 0 spiro atoms. The van der Waals surface area contributed by atoms with Gasteiger partial charge in [-0.25, -0.2) is 9.97 Å². The molecule has 0 bridgehead atoms. The Morgan fingerprint density at radius 3 is 2.76 bits per heavy atom. The lowest BCUT2D eigenvalue weighted by Crippen LogP contribution is -2.31. The zero-order valence-corrected chi connectivity index (χ0v) is 19.4. The molecule has 0 saturated carbocycles. The van der Waals surface area contributed by atoms with Crippen LogP contribution in [-0.2, 0) is 6.42 Å². The smallest absolute Gasteiger partial charge is 0.254 e. The minimum absolute atomic E-state index is 0.00356. The number of pyridine rings is 1. The molecule has 0 N–H and O–H groups in total. The standard InChI is InChI=1S/C26H29N5O2/c1-5-7-19-16-20(9-10-23(19)33-4)25(32)31-15-6-8-22(31)24-21(18-11-13-27-14-12-18)17-28-26(29-24)30(2)3/h5,9-14,16-17,22H,1,6-8,15H2,2-4H3/t22-/m1/s1. The topological polar surface area (TPSA) is 71.5 Å². The fourth-order valence-electron chi connectivity index (χ4n) is 4.30. The highest BCUT2D eigenvalue weighted by Gasteiger charge is 2.34. The van der Waals surface area contributed by atoms with E-state index in [0.717, 1.165) is 41.0 Å². The number of rotatable bonds is 7. The minimum atomic E-state index is -0.132. The summed E-state index contributed by atoms with van der Waals surface area (Å²) in [5.74, 6) is 1.38. The lowest BCUT2D eigenvalue weighted by Gasteiger charge is -2.27. The van der Waals surface area contributed by atoms with Crippen molar-refractivity contribution in [2.24, 2.45) is 0 Å². The molecule has 7 nitrogen and oxygen atoms in total. The second-order valence-electron chi connectivity index (χ2n) is 8.28. The van der Waals surface area contributed by atoms with Gasteiger partial charge >= 0.3 is 0 Å². The van der Waals surface area contributed by atoms with E-state index >= 15 is 0 Å². The number of allylic oxidation sites excluding steroid dienone is 1. The summed E-state index contributed by atoms with van der Waals surface area (Å²) in [5, 5.41) is 0. The summed E-state index contributed by atoms with van der Waals surface area (Å²) in [6.07, 6.45) is 9.59. The van der Waals surface area contributed by atoms with Crippen molar-refractivity contribution in [1.29, 1.82) is 0 Å². The molecule has 4 rings (SSSR count). The van der Waals surface area contributed by atoms with E-state index in [2.05, 4.69) is 16.5 Å². The average Bonchev–Trinajstić information content (AvgIpc) is 3.33. The van der Waals surface area contributed by atoms with Crippen molar-refractivity contribution in [1.82, 2.24) is 19.9 Å². The molecule has 7 heteroatoms. The molecule has 1 saturated heterocycles. The number of hydrogen-bond acceptors (Lipinski definition) is 6. The molecular weight excluding hydrogens is 414 g/mol. The SMILES string of the molecule is C=CCc1cc(C(=O)N2CCC[C@@H]2c2nc(N(C)C)ncc2-c2ccncc2)ccc1OC. The molecule has 1 aliphatic rings. The average molecular weight is 444 g/mol. The third-order valence-electron chi connectivity index (χ3n) is 5.92. The van der Waals surface area contributed by atoms with Crippen molar-refractivity contribution in [2.75, 3.05) is 32.6 Å². The van der Waals surface area contributed by atoms with E-state index in [1.807, 2.05) is 66.5 Å². The summed E-state index contributed by atoms with van der Waals surface area (Å²) >= 11 is 0. The Labute approximate surface area is 194 Å². The molecule has 1 fully saturated rings. The van der Waals surface area contributed by atoms with E-state index in [4.69, 9.17) is 9.72 Å². The first kappa shape index (κ1) is 22.5. The Morgan fingerprint density at radius 2 is 2.06 bits per heavy atom. The van der Waals surface area contributed by atoms with Gasteiger partial charge in [-0.1, -0.05) is 6.08 Å². The largest absolute Gasteiger partial charge is 0.496 e. The van der Waals surface area contributed by atoms with Gasteiger partial charge in [-0.3, -0.25) is 9.78 Å². The summed E-state index contributed by atoms with van der Waals surface area (Å²) in [6, 6.07) is 9.36. The highest BCUT2D eigenvalue weighted by atomic mass is 16.5. The minimum Gasteiger partial charge on any atom is -0.496 e. The molecule has 0 aliphatic carbocycles. The maximum absolute atomic E-state index is 13.6. The number of hydrogen-bond donors (Lipinski definition) is 0. The van der Waals surface area contributed by atoms with E-state index in [1.54, 1.807) is 19.5 Å². The van der Waals surface area contributed by atoms with Gasteiger partial charge in [-0.05, 0) is 60.7 Å². The van der Waals surface area contributed by atoms with E-state index in [0.29, 0.717) is 24.5 Å². The number of benzene rings is 1. The van der Waals surface area contributed by atoms with E-state index in [9.17, 15) is 4.79 Å². The molecule has 1 amide bonds. The number of nitrogens with zero attached hydrogens (tertiary/aromatic N) is 5. The Bertz CT molecular complexity index is 1150. The second kappa shape index (κ2) is 9.81. The third kappa shape index (κ3) is 4.58. The zero-order valence-electron chi connectivity index (χ0n) is 19.4. The number of anilines is 1. The van der Waals surface area contributed by atoms with Crippen LogP contribution < -0.4 is 9.64 Å². The normalized spacial score (nSPS) is 15.4. The van der Waals surface area contributed by atoms with Gasteiger partial charge in [0.05, 0.1) is 18.8 Å². The van der Waals surface area contributed by atoms with E-state index in [1.165, 1.54) is 0 Å². The van der Waals surface area contributed by atoms with Crippen LogP contribution in [0.15, 0.2) is 61.6 Å². The fourth-order valence-corrected chi connectivity index (χ4v) is 4.30. The van der Waals surface area contributed by atoms with Crippen LogP contribution in [-0.4, -0.2) is 53.5 Å². The quantitative estimate of drug-likeness (QED) is 0.507. The van der Waals surface area contributed by atoms with Gasteiger partial charge < -0.3 is 14.5 Å². The van der Waals surface area contributed by atoms with Gasteiger partial charge in [-0.15, -0.1) is 6.58 Å². The van der Waals surface area contributed by atoms with Gasteiger partial charge in [0, 0.05) is 50.4 Å². The predicted molar refractivity (Wildman–Crippen MR) is 129 cm³/mol. The van der Waals surface area contributed by atoms with Crippen molar-refractivity contribution in [3.8, 4) is 16.9 Å². The Hall–Kier alpha value is -3.74. The number of carbonyl (C=O) groups is 1. The summed E-state index contributed by atoms with van der Waals surface area (Å²) < 4.78 is 5.45. The molecule has 170 valence electrons. The van der Waals surface area contributed by atoms with Crippen molar-refractivity contribution in [3.63, 3.8) is 0 Å². The van der Waals surface area contributed by atoms with Gasteiger partial charge in [-0.2, -0.15) is 0 Å². The number of carbonyl (C=O) groups excluding carboxylic acids is 1. The van der Waals surface area contributed by atoms with Crippen molar-refractivity contribution < 1.29 is 9.53 Å². The lowest BCUT2D eigenvalue weighted by molar-refractivity contribution is 0.0733. The number of aromatic nitrogens is 3. The van der Waals surface area contributed by atoms with Crippen LogP contribution >= 0.6 is 0 Å². The summed E-state index contributed by atoms with van der Waals surface area (Å²) in [5.41, 5.74) is 4.37. The van der Waals surface area contributed by atoms with Crippen LogP contribution in [0.25, 0.3) is 11.1 Å². The van der Waals surface area contributed by atoms with E-state index in [-0.39, 0.29) is 11.9 Å². The molecule has 0 radical (unpaired) electrons. The predicted octanol–water partition coefficient (Wildman–Crippen LogP) is 4.32. The van der Waals surface area contributed by atoms with Crippen molar-refractivity contribution in [3.05, 3.63) is 78.4 Å². The Kier molecular flexibility index (Phi) is 6.68. The van der Waals surface area contributed by atoms with Crippen LogP contribution in [0.3, 0.4) is 0 Å². The second-order valence-corrected chi connectivity index (χ2v) is 8.28. The molecule has 0 unspecified atom stereocenters. The molecular formula is C26H29N5O2. The number of ether oxygens (including phenoxy) is 1. The number of methoxy groups -OCH3 is 1. The highest BCUT2D eigenvalue weighted by molar-refractivity contribution is 5.95. The van der Waals surface area contributed by atoms with E-state index < -0.39 is 0 Å². The maximum atomic E-state index is 13.6. The van der Waals surface area contributed by atoms with Gasteiger partial charge in [0.15, 0.2) is 0 Å². The maximum Gasteiger partial charge on any atom is 0.254 e. The lowest BCUT2D eigenvalue weighted by atomic mass is 10.00. The summed E-state index contributed by atoms with van der Waals surface area (Å²) in [7, 11) is 5.47. The highest BCUT2D eigenvalue weighted by Crippen LogP contribution is 2.38. The van der Waals surface area contributed by atoms with Crippen LogP contribution in [0.2, 0.25) is 0 Å². The Morgan fingerprint density at radius 1 is 1.27 bits per heavy atom. The monoisotopic (exact) mass is 443 g/mol. The third-order valence-corrected chi connectivity index (χ3v) is 5.92. The van der Waals surface area contributed by atoms with Crippen LogP contribution in [0.5, 0.6) is 5.75 Å². The van der Waals surface area contributed by atoms with Crippen molar-refractivity contribution >= 4 is 11.9 Å². The zero-order chi connectivity index (χ0) is 23.4. The fraction of sp³-hybridized carbons (Fsp3) is 0.308. The number of amides is 1. The first-order chi connectivity index (χ1) is 16.0. The van der Waals surface area contributed by atoms with Crippen LogP contribution in [0.4, 0.5) is 5.95 Å². The first-order valence-corrected chi connectivity index (χ1v) is 11.1. The van der Waals surface area contributed by atoms with Crippen LogP contribution in [0.1, 0.15) is 40.5 Å². The molecule has 1 aromatic carbocycles. The van der Waals surface area contributed by atoms with Gasteiger partial charge in [0.1, 0.15) is 5.75 Å². The molecule has 3 heterocycles. The van der Waals surface area contributed by atoms with Crippen LogP contribution in [0, 0.1) is 0 Å². The van der Waals surface area contributed by atoms with Crippen molar-refractivity contribution in [2.45, 2.75) is 25.3 Å². The number of likely N-dealkylation sites (tertiary alicyclic amines) is 1. The molecule has 2 aromatic heterocycles. The Balaban J connectivity index is 1.74. The molecule has 1 aliphatic heterocycles. The molecule has 1 atom stereocenters. The van der Waals surface area contributed by atoms with Gasteiger partial charge in [0.2, 0.25) is 5.95 Å². The first-order valence-electron chi connectivity index (χ1n) is 11.1. The summed E-state index contributed by atoms with van der Waals surface area (Å²) in [4.78, 5) is 31.0. The molecule has 3 aromatic rings. The van der Waals surface area contributed by atoms with Gasteiger partial charge in [0.25, 0.3) is 5.91 Å².